The molecule has 3 aromatic rings. The van der Waals surface area contributed by atoms with Crippen LogP contribution in [0.15, 0.2) is 65.8 Å². The Bertz CT molecular complexity index is 1340. The average molecular weight is 551 g/mol. The highest BCUT2D eigenvalue weighted by Gasteiger charge is 2.15. The zero-order valence-corrected chi connectivity index (χ0v) is 23.0. The van der Waals surface area contributed by atoms with Gasteiger partial charge in [-0.3, -0.25) is 14.4 Å². The van der Waals surface area contributed by atoms with Crippen molar-refractivity contribution >= 4 is 41.2 Å². The van der Waals surface area contributed by atoms with Crippen molar-refractivity contribution in [3.63, 3.8) is 0 Å². The lowest BCUT2D eigenvalue weighted by Crippen LogP contribution is -2.37. The van der Waals surface area contributed by atoms with Gasteiger partial charge in [0.15, 0.2) is 18.1 Å². The van der Waals surface area contributed by atoms with Crippen molar-refractivity contribution in [2.24, 2.45) is 5.10 Å². The molecule has 0 spiro atoms. The molecule has 3 aromatic carbocycles. The van der Waals surface area contributed by atoms with Crippen LogP contribution in [-0.2, 0) is 20.9 Å². The molecule has 0 atom stereocenters. The van der Waals surface area contributed by atoms with Crippen molar-refractivity contribution < 1.29 is 23.9 Å². The molecule has 0 aliphatic carbocycles. The molecule has 3 N–H and O–H groups in total. The first-order chi connectivity index (χ1) is 18.7. The number of amides is 3. The summed E-state index contributed by atoms with van der Waals surface area (Å²) in [6, 6.07) is 18.3. The van der Waals surface area contributed by atoms with Crippen molar-refractivity contribution in [2.75, 3.05) is 19.0 Å². The van der Waals surface area contributed by atoms with Gasteiger partial charge in [-0.25, -0.2) is 5.43 Å². The molecular formula is C29H31ClN4O5. The molecule has 204 valence electrons. The fourth-order valence-corrected chi connectivity index (χ4v) is 3.70. The number of nitrogens with one attached hydrogen (secondary N) is 3. The molecule has 3 rings (SSSR count). The van der Waals surface area contributed by atoms with Gasteiger partial charge in [-0.1, -0.05) is 67.4 Å². The predicted molar refractivity (Wildman–Crippen MR) is 151 cm³/mol. The van der Waals surface area contributed by atoms with Gasteiger partial charge < -0.3 is 20.1 Å². The molecule has 0 saturated carbocycles. The summed E-state index contributed by atoms with van der Waals surface area (Å²) in [6.07, 6.45) is 1.30. The number of carbonyl (C=O) groups excluding carboxylic acids is 3. The lowest BCUT2D eigenvalue weighted by atomic mass is 10.0. The molecule has 0 radical (unpaired) electrons. The molecule has 0 fully saturated rings. The Labute approximate surface area is 232 Å². The maximum atomic E-state index is 12.3. The quantitative estimate of drug-likeness (QED) is 0.194. The van der Waals surface area contributed by atoms with Crippen molar-refractivity contribution in [1.29, 1.82) is 0 Å². The SMILES string of the molecule is COc1cc(/C=N\NC(=O)C(=O)NCc2ccc(C(C)C)cc2)cc(Cl)c1OCC(=O)Nc1ccc(C)cc1. The zero-order valence-electron chi connectivity index (χ0n) is 22.2. The Hall–Kier alpha value is -4.37. The molecule has 0 heterocycles. The minimum absolute atomic E-state index is 0.173. The van der Waals surface area contributed by atoms with Crippen molar-refractivity contribution in [2.45, 2.75) is 33.2 Å². The smallest absolute Gasteiger partial charge is 0.329 e. The lowest BCUT2D eigenvalue weighted by molar-refractivity contribution is -0.139. The highest BCUT2D eigenvalue weighted by atomic mass is 35.5. The van der Waals surface area contributed by atoms with Crippen LogP contribution in [0.4, 0.5) is 5.69 Å². The molecule has 0 saturated heterocycles. The van der Waals surface area contributed by atoms with E-state index in [0.717, 1.165) is 11.1 Å². The third-order valence-corrected chi connectivity index (χ3v) is 5.90. The highest BCUT2D eigenvalue weighted by molar-refractivity contribution is 6.35. The summed E-state index contributed by atoms with van der Waals surface area (Å²) in [6.45, 7) is 6.08. The summed E-state index contributed by atoms with van der Waals surface area (Å²) in [5.74, 6) is -1.24. The van der Waals surface area contributed by atoms with Crippen LogP contribution in [0, 0.1) is 6.92 Å². The molecule has 3 amide bonds. The number of aryl methyl sites for hydroxylation is 1. The minimum atomic E-state index is -0.914. The van der Waals surface area contributed by atoms with Gasteiger partial charge in [0.1, 0.15) is 0 Å². The predicted octanol–water partition coefficient (Wildman–Crippen LogP) is 4.56. The van der Waals surface area contributed by atoms with E-state index in [0.29, 0.717) is 17.2 Å². The first kappa shape index (κ1) is 29.2. The molecule has 39 heavy (non-hydrogen) atoms. The van der Waals surface area contributed by atoms with E-state index in [1.165, 1.54) is 25.0 Å². The molecular weight excluding hydrogens is 520 g/mol. The number of hydrogen-bond acceptors (Lipinski definition) is 6. The van der Waals surface area contributed by atoms with Crippen LogP contribution in [0.5, 0.6) is 11.5 Å². The number of hydrogen-bond donors (Lipinski definition) is 3. The number of nitrogens with zero attached hydrogens (tertiary/aromatic N) is 1. The fraction of sp³-hybridized carbons (Fsp3) is 0.241. The van der Waals surface area contributed by atoms with Gasteiger partial charge in [0.2, 0.25) is 0 Å². The van der Waals surface area contributed by atoms with E-state index in [4.69, 9.17) is 21.1 Å². The second kappa shape index (κ2) is 14.0. The van der Waals surface area contributed by atoms with E-state index < -0.39 is 11.8 Å². The fourth-order valence-electron chi connectivity index (χ4n) is 3.43. The van der Waals surface area contributed by atoms with E-state index in [1.807, 2.05) is 43.3 Å². The van der Waals surface area contributed by atoms with E-state index in [1.54, 1.807) is 18.2 Å². The summed E-state index contributed by atoms with van der Waals surface area (Å²) in [4.78, 5) is 36.5. The van der Waals surface area contributed by atoms with Gasteiger partial charge in [0.25, 0.3) is 5.91 Å². The summed E-state index contributed by atoms with van der Waals surface area (Å²) in [7, 11) is 1.42. The van der Waals surface area contributed by atoms with Gasteiger partial charge in [0.05, 0.1) is 18.3 Å². The number of ether oxygens (including phenoxy) is 2. The third-order valence-electron chi connectivity index (χ3n) is 5.62. The van der Waals surface area contributed by atoms with Gasteiger partial charge in [-0.15, -0.1) is 0 Å². The van der Waals surface area contributed by atoms with Crippen LogP contribution < -0.4 is 25.5 Å². The maximum absolute atomic E-state index is 12.3. The van der Waals surface area contributed by atoms with E-state index in [2.05, 4.69) is 35.0 Å². The summed E-state index contributed by atoms with van der Waals surface area (Å²) in [5.41, 5.74) is 6.45. The van der Waals surface area contributed by atoms with Gasteiger partial charge in [-0.2, -0.15) is 5.10 Å². The maximum Gasteiger partial charge on any atom is 0.329 e. The van der Waals surface area contributed by atoms with Crippen LogP contribution in [-0.4, -0.2) is 37.7 Å². The number of rotatable bonds is 10. The first-order valence-electron chi connectivity index (χ1n) is 12.2. The Morgan fingerprint density at radius 2 is 1.69 bits per heavy atom. The number of anilines is 1. The van der Waals surface area contributed by atoms with Crippen LogP contribution in [0.2, 0.25) is 5.02 Å². The molecule has 0 aliphatic rings. The van der Waals surface area contributed by atoms with Crippen LogP contribution >= 0.6 is 11.6 Å². The molecule has 0 bridgehead atoms. The molecule has 0 aliphatic heterocycles. The minimum Gasteiger partial charge on any atom is -0.493 e. The summed E-state index contributed by atoms with van der Waals surface area (Å²) < 4.78 is 10.9. The van der Waals surface area contributed by atoms with Gasteiger partial charge in [0, 0.05) is 12.2 Å². The largest absolute Gasteiger partial charge is 0.493 e. The number of carbonyl (C=O) groups is 3. The Morgan fingerprint density at radius 3 is 2.33 bits per heavy atom. The third kappa shape index (κ3) is 8.86. The number of methoxy groups -OCH3 is 1. The molecule has 9 nitrogen and oxygen atoms in total. The van der Waals surface area contributed by atoms with Crippen molar-refractivity contribution in [3.8, 4) is 11.5 Å². The van der Waals surface area contributed by atoms with Crippen LogP contribution in [0.1, 0.15) is 42.0 Å². The first-order valence-corrected chi connectivity index (χ1v) is 12.6. The lowest BCUT2D eigenvalue weighted by Gasteiger charge is -2.13. The summed E-state index contributed by atoms with van der Waals surface area (Å²) in [5, 5.41) is 9.28. The van der Waals surface area contributed by atoms with Crippen LogP contribution in [0.25, 0.3) is 0 Å². The number of halogens is 1. The monoisotopic (exact) mass is 550 g/mol. The zero-order chi connectivity index (χ0) is 28.4. The van der Waals surface area contributed by atoms with E-state index in [-0.39, 0.29) is 35.6 Å². The Balaban J connectivity index is 1.52. The topological polar surface area (TPSA) is 118 Å². The van der Waals surface area contributed by atoms with E-state index >= 15 is 0 Å². The molecule has 0 unspecified atom stereocenters. The molecule has 0 aromatic heterocycles. The second-order valence-corrected chi connectivity index (χ2v) is 9.42. The van der Waals surface area contributed by atoms with Crippen molar-refractivity contribution in [1.82, 2.24) is 10.7 Å². The molecule has 10 heteroatoms. The summed E-state index contributed by atoms with van der Waals surface area (Å²) >= 11 is 6.34. The van der Waals surface area contributed by atoms with E-state index in [9.17, 15) is 14.4 Å². The normalized spacial score (nSPS) is 10.8. The average Bonchev–Trinajstić information content (AvgIpc) is 2.92. The second-order valence-electron chi connectivity index (χ2n) is 9.02. The standard InChI is InChI=1S/C29H31ClN4O5/c1-18(2)22-9-7-20(8-10-22)15-31-28(36)29(37)34-32-16-21-13-24(30)27(25(14-21)38-4)39-17-26(35)33-23-11-5-19(3)6-12-23/h5-14,16,18H,15,17H2,1-4H3,(H,31,36)(H,33,35)(H,34,37)/b32-16-. The van der Waals surface area contributed by atoms with Crippen molar-refractivity contribution in [3.05, 3.63) is 87.9 Å². The number of benzene rings is 3. The highest BCUT2D eigenvalue weighted by Crippen LogP contribution is 2.36. The Kier molecular flexibility index (Phi) is 10.5. The van der Waals surface area contributed by atoms with Gasteiger partial charge >= 0.3 is 11.8 Å². The number of hydrazone groups is 1. The Morgan fingerprint density at radius 1 is 1.00 bits per heavy atom. The van der Waals surface area contributed by atoms with Gasteiger partial charge in [-0.05, 0) is 53.8 Å². The van der Waals surface area contributed by atoms with Crippen LogP contribution in [0.3, 0.4) is 0 Å².